The standard InChI is InChI=1S/C11H22N2O/c1-8(2)9(12)10(14)13-7-5-6-11(13,3)4/h8-9H,5-7,12H2,1-4H3/t9-/m0/s1. The first kappa shape index (κ1) is 11.5. The van der Waals surface area contributed by atoms with Gasteiger partial charge in [-0.15, -0.1) is 0 Å². The molecule has 0 spiro atoms. The molecule has 1 fully saturated rings. The van der Waals surface area contributed by atoms with Crippen LogP contribution in [0.5, 0.6) is 0 Å². The molecule has 2 N–H and O–H groups in total. The molecule has 0 unspecified atom stereocenters. The fourth-order valence-electron chi connectivity index (χ4n) is 1.98. The van der Waals surface area contributed by atoms with E-state index in [-0.39, 0.29) is 23.4 Å². The van der Waals surface area contributed by atoms with Crippen LogP contribution in [0.2, 0.25) is 0 Å². The lowest BCUT2D eigenvalue weighted by Crippen LogP contribution is -2.51. The molecular weight excluding hydrogens is 176 g/mol. The zero-order valence-corrected chi connectivity index (χ0v) is 9.71. The molecule has 1 aliphatic rings. The number of nitrogens with zero attached hydrogens (tertiary/aromatic N) is 1. The van der Waals surface area contributed by atoms with Crippen molar-refractivity contribution in [1.29, 1.82) is 0 Å². The van der Waals surface area contributed by atoms with E-state index in [0.29, 0.717) is 0 Å². The van der Waals surface area contributed by atoms with Crippen molar-refractivity contribution >= 4 is 5.91 Å². The predicted octanol–water partition coefficient (Wildman–Crippen LogP) is 1.37. The molecule has 3 heteroatoms. The number of rotatable bonds is 2. The first-order chi connectivity index (χ1) is 6.36. The number of amides is 1. The summed E-state index contributed by atoms with van der Waals surface area (Å²) < 4.78 is 0. The maximum absolute atomic E-state index is 12.0. The summed E-state index contributed by atoms with van der Waals surface area (Å²) in [5, 5.41) is 0. The molecule has 3 nitrogen and oxygen atoms in total. The minimum absolute atomic E-state index is 0.00356. The highest BCUT2D eigenvalue weighted by Crippen LogP contribution is 2.29. The van der Waals surface area contributed by atoms with Crippen molar-refractivity contribution in [2.45, 2.75) is 52.1 Å². The minimum Gasteiger partial charge on any atom is -0.336 e. The second-order valence-electron chi connectivity index (χ2n) is 5.18. The summed E-state index contributed by atoms with van der Waals surface area (Å²) in [5.41, 5.74) is 5.87. The van der Waals surface area contributed by atoms with Crippen LogP contribution in [-0.2, 0) is 4.79 Å². The van der Waals surface area contributed by atoms with E-state index in [1.807, 2.05) is 18.7 Å². The highest BCUT2D eigenvalue weighted by atomic mass is 16.2. The van der Waals surface area contributed by atoms with Crippen molar-refractivity contribution in [3.05, 3.63) is 0 Å². The maximum Gasteiger partial charge on any atom is 0.240 e. The fraction of sp³-hybridized carbons (Fsp3) is 0.909. The highest BCUT2D eigenvalue weighted by Gasteiger charge is 2.37. The Kier molecular flexibility index (Phi) is 3.20. The van der Waals surface area contributed by atoms with Gasteiger partial charge in [0.2, 0.25) is 5.91 Å². The Morgan fingerprint density at radius 2 is 2.00 bits per heavy atom. The molecule has 82 valence electrons. The Labute approximate surface area is 86.6 Å². The first-order valence-electron chi connectivity index (χ1n) is 5.43. The number of carbonyl (C=O) groups excluding carboxylic acids is 1. The monoisotopic (exact) mass is 198 g/mol. The summed E-state index contributed by atoms with van der Waals surface area (Å²) in [4.78, 5) is 13.9. The quantitative estimate of drug-likeness (QED) is 0.728. The number of nitrogens with two attached hydrogens (primary N) is 1. The van der Waals surface area contributed by atoms with Gasteiger partial charge in [0, 0.05) is 12.1 Å². The molecule has 1 aliphatic heterocycles. The molecular formula is C11H22N2O. The van der Waals surface area contributed by atoms with E-state index in [2.05, 4.69) is 13.8 Å². The number of hydrogen-bond donors (Lipinski definition) is 1. The van der Waals surface area contributed by atoms with E-state index < -0.39 is 0 Å². The van der Waals surface area contributed by atoms with Crippen LogP contribution >= 0.6 is 0 Å². The zero-order valence-electron chi connectivity index (χ0n) is 9.71. The molecule has 0 aromatic carbocycles. The Hall–Kier alpha value is -0.570. The van der Waals surface area contributed by atoms with Gasteiger partial charge in [0.25, 0.3) is 0 Å². The minimum atomic E-state index is -0.340. The lowest BCUT2D eigenvalue weighted by Gasteiger charge is -2.34. The Morgan fingerprint density at radius 1 is 1.43 bits per heavy atom. The van der Waals surface area contributed by atoms with Gasteiger partial charge in [-0.25, -0.2) is 0 Å². The summed E-state index contributed by atoms with van der Waals surface area (Å²) in [7, 11) is 0. The predicted molar refractivity (Wildman–Crippen MR) is 57.8 cm³/mol. The van der Waals surface area contributed by atoms with Crippen LogP contribution in [0.15, 0.2) is 0 Å². The second kappa shape index (κ2) is 3.89. The summed E-state index contributed by atoms with van der Waals surface area (Å²) >= 11 is 0. The normalized spacial score (nSPS) is 22.9. The number of carbonyl (C=O) groups is 1. The molecule has 0 aliphatic carbocycles. The van der Waals surface area contributed by atoms with Crippen LogP contribution in [0, 0.1) is 5.92 Å². The molecule has 1 saturated heterocycles. The van der Waals surface area contributed by atoms with Gasteiger partial charge in [0.1, 0.15) is 0 Å². The lowest BCUT2D eigenvalue weighted by molar-refractivity contribution is -0.136. The third-order valence-corrected chi connectivity index (χ3v) is 3.17. The molecule has 0 bridgehead atoms. The van der Waals surface area contributed by atoms with E-state index in [9.17, 15) is 4.79 Å². The van der Waals surface area contributed by atoms with Gasteiger partial charge in [-0.1, -0.05) is 13.8 Å². The summed E-state index contributed by atoms with van der Waals surface area (Å²) in [6.45, 7) is 9.08. The molecule has 0 aromatic heterocycles. The Balaban J connectivity index is 2.70. The first-order valence-corrected chi connectivity index (χ1v) is 5.43. The topological polar surface area (TPSA) is 46.3 Å². The van der Waals surface area contributed by atoms with Crippen molar-refractivity contribution in [2.75, 3.05) is 6.54 Å². The molecule has 0 aromatic rings. The lowest BCUT2D eigenvalue weighted by atomic mass is 9.99. The third kappa shape index (κ3) is 2.08. The fourth-order valence-corrected chi connectivity index (χ4v) is 1.98. The Morgan fingerprint density at radius 3 is 2.36 bits per heavy atom. The summed E-state index contributed by atoms with van der Waals surface area (Å²) in [6, 6.07) is -0.340. The molecule has 1 rings (SSSR count). The van der Waals surface area contributed by atoms with Gasteiger partial charge in [-0.05, 0) is 32.6 Å². The Bertz CT molecular complexity index is 223. The van der Waals surface area contributed by atoms with Crippen LogP contribution in [0.4, 0.5) is 0 Å². The molecule has 14 heavy (non-hydrogen) atoms. The summed E-state index contributed by atoms with van der Waals surface area (Å²) in [5.74, 6) is 0.335. The van der Waals surface area contributed by atoms with Crippen LogP contribution < -0.4 is 5.73 Å². The third-order valence-electron chi connectivity index (χ3n) is 3.17. The van der Waals surface area contributed by atoms with E-state index in [1.165, 1.54) is 0 Å². The maximum atomic E-state index is 12.0. The van der Waals surface area contributed by atoms with Crippen molar-refractivity contribution in [3.63, 3.8) is 0 Å². The molecule has 0 saturated carbocycles. The molecule has 1 amide bonds. The average molecular weight is 198 g/mol. The van der Waals surface area contributed by atoms with Gasteiger partial charge in [-0.2, -0.15) is 0 Å². The van der Waals surface area contributed by atoms with Gasteiger partial charge in [0.05, 0.1) is 6.04 Å². The van der Waals surface area contributed by atoms with Crippen molar-refractivity contribution in [2.24, 2.45) is 11.7 Å². The van der Waals surface area contributed by atoms with Crippen molar-refractivity contribution in [1.82, 2.24) is 4.90 Å². The van der Waals surface area contributed by atoms with Crippen LogP contribution in [0.3, 0.4) is 0 Å². The SMILES string of the molecule is CC(C)[C@H](N)C(=O)N1CCCC1(C)C. The largest absolute Gasteiger partial charge is 0.336 e. The molecule has 1 heterocycles. The van der Waals surface area contributed by atoms with Gasteiger partial charge < -0.3 is 10.6 Å². The van der Waals surface area contributed by atoms with Crippen LogP contribution in [-0.4, -0.2) is 28.9 Å². The number of likely N-dealkylation sites (tertiary alicyclic amines) is 1. The highest BCUT2D eigenvalue weighted by molar-refractivity contribution is 5.82. The molecule has 0 radical (unpaired) electrons. The van der Waals surface area contributed by atoms with Gasteiger partial charge >= 0.3 is 0 Å². The second-order valence-corrected chi connectivity index (χ2v) is 5.18. The van der Waals surface area contributed by atoms with E-state index in [4.69, 9.17) is 5.73 Å². The van der Waals surface area contributed by atoms with Gasteiger partial charge in [-0.3, -0.25) is 4.79 Å². The van der Waals surface area contributed by atoms with E-state index in [0.717, 1.165) is 19.4 Å². The average Bonchev–Trinajstić information content (AvgIpc) is 2.42. The smallest absolute Gasteiger partial charge is 0.240 e. The van der Waals surface area contributed by atoms with Gasteiger partial charge in [0.15, 0.2) is 0 Å². The van der Waals surface area contributed by atoms with E-state index >= 15 is 0 Å². The van der Waals surface area contributed by atoms with Crippen LogP contribution in [0.1, 0.15) is 40.5 Å². The zero-order chi connectivity index (χ0) is 10.9. The molecule has 1 atom stereocenters. The van der Waals surface area contributed by atoms with Crippen molar-refractivity contribution in [3.8, 4) is 0 Å². The summed E-state index contributed by atoms with van der Waals surface area (Å²) in [6.07, 6.45) is 2.19. The van der Waals surface area contributed by atoms with Crippen molar-refractivity contribution < 1.29 is 4.79 Å². The van der Waals surface area contributed by atoms with Crippen LogP contribution in [0.25, 0.3) is 0 Å². The van der Waals surface area contributed by atoms with E-state index in [1.54, 1.807) is 0 Å². The number of hydrogen-bond acceptors (Lipinski definition) is 2.